The Labute approximate surface area is 185 Å². The van der Waals surface area contributed by atoms with Gasteiger partial charge in [0.1, 0.15) is 11.8 Å². The van der Waals surface area contributed by atoms with Crippen molar-refractivity contribution in [1.82, 2.24) is 10.2 Å². The van der Waals surface area contributed by atoms with E-state index in [0.29, 0.717) is 23.9 Å². The Balaban J connectivity index is 2.13. The first-order chi connectivity index (χ1) is 13.8. The van der Waals surface area contributed by atoms with Crippen molar-refractivity contribution < 1.29 is 14.3 Å². The molecule has 0 fully saturated rings. The molecule has 7 heteroatoms. The maximum Gasteiger partial charge on any atom is 0.261 e. The zero-order valence-electron chi connectivity index (χ0n) is 16.9. The van der Waals surface area contributed by atoms with Gasteiger partial charge in [0.2, 0.25) is 5.91 Å². The van der Waals surface area contributed by atoms with E-state index in [0.717, 1.165) is 22.0 Å². The van der Waals surface area contributed by atoms with Crippen molar-refractivity contribution >= 4 is 39.3 Å². The first-order valence-electron chi connectivity index (χ1n) is 9.52. The number of rotatable bonds is 9. The Morgan fingerprint density at radius 1 is 1.21 bits per heavy atom. The van der Waals surface area contributed by atoms with Crippen LogP contribution in [0.3, 0.4) is 0 Å². The molecule has 1 atom stereocenters. The average molecular weight is 482 g/mol. The van der Waals surface area contributed by atoms with E-state index in [2.05, 4.69) is 21.2 Å². The number of hydrogen-bond acceptors (Lipinski definition) is 3. The maximum absolute atomic E-state index is 12.9. The largest absolute Gasteiger partial charge is 0.484 e. The lowest BCUT2D eigenvalue weighted by atomic mass is 10.1. The van der Waals surface area contributed by atoms with Crippen LogP contribution in [0.4, 0.5) is 0 Å². The summed E-state index contributed by atoms with van der Waals surface area (Å²) in [7, 11) is 0. The van der Waals surface area contributed by atoms with E-state index in [1.54, 1.807) is 25.1 Å². The van der Waals surface area contributed by atoms with Crippen molar-refractivity contribution in [2.75, 3.05) is 13.2 Å². The molecule has 0 bridgehead atoms. The van der Waals surface area contributed by atoms with Gasteiger partial charge in [-0.1, -0.05) is 46.6 Å². The van der Waals surface area contributed by atoms with E-state index in [-0.39, 0.29) is 18.4 Å². The molecule has 2 aromatic rings. The number of benzene rings is 2. The van der Waals surface area contributed by atoms with E-state index in [1.165, 1.54) is 4.90 Å². The van der Waals surface area contributed by atoms with E-state index >= 15 is 0 Å². The van der Waals surface area contributed by atoms with Gasteiger partial charge in [-0.05, 0) is 61.7 Å². The van der Waals surface area contributed by atoms with Gasteiger partial charge in [0.25, 0.3) is 5.91 Å². The van der Waals surface area contributed by atoms with Gasteiger partial charge < -0.3 is 15.0 Å². The fraction of sp³-hybridized carbons (Fsp3) is 0.364. The second-order valence-electron chi connectivity index (χ2n) is 6.81. The predicted molar refractivity (Wildman–Crippen MR) is 119 cm³/mol. The van der Waals surface area contributed by atoms with Crippen molar-refractivity contribution in [2.24, 2.45) is 0 Å². The molecule has 0 spiro atoms. The van der Waals surface area contributed by atoms with Crippen LogP contribution in [-0.2, 0) is 16.1 Å². The quantitative estimate of drug-likeness (QED) is 0.563. The molecule has 0 aliphatic carbocycles. The SMILES string of the molecule is CCCNC(=O)C(C)N(Cc1ccc(Br)cc1)C(=O)COc1ccc(Cl)c(C)c1. The lowest BCUT2D eigenvalue weighted by molar-refractivity contribution is -0.142. The molecule has 2 rings (SSSR count). The minimum absolute atomic E-state index is 0.164. The van der Waals surface area contributed by atoms with Crippen LogP contribution in [0.15, 0.2) is 46.9 Å². The Kier molecular flexibility index (Phi) is 8.99. The first kappa shape index (κ1) is 23.2. The highest BCUT2D eigenvalue weighted by Crippen LogP contribution is 2.21. The van der Waals surface area contributed by atoms with E-state index < -0.39 is 6.04 Å². The third-order valence-electron chi connectivity index (χ3n) is 4.47. The summed E-state index contributed by atoms with van der Waals surface area (Å²) in [4.78, 5) is 27.0. The average Bonchev–Trinajstić information content (AvgIpc) is 2.71. The summed E-state index contributed by atoms with van der Waals surface area (Å²) in [5, 5.41) is 3.49. The Bertz CT molecular complexity index is 842. The highest BCUT2D eigenvalue weighted by atomic mass is 79.9. The zero-order chi connectivity index (χ0) is 21.4. The Morgan fingerprint density at radius 3 is 2.52 bits per heavy atom. The lowest BCUT2D eigenvalue weighted by Gasteiger charge is -2.28. The second kappa shape index (κ2) is 11.2. The summed E-state index contributed by atoms with van der Waals surface area (Å²) in [5.74, 6) is 0.117. The third kappa shape index (κ3) is 7.05. The van der Waals surface area contributed by atoms with Gasteiger partial charge >= 0.3 is 0 Å². The van der Waals surface area contributed by atoms with E-state index in [9.17, 15) is 9.59 Å². The highest BCUT2D eigenvalue weighted by Gasteiger charge is 2.26. The first-order valence-corrected chi connectivity index (χ1v) is 10.7. The monoisotopic (exact) mass is 480 g/mol. The summed E-state index contributed by atoms with van der Waals surface area (Å²) in [6.45, 7) is 6.31. The summed E-state index contributed by atoms with van der Waals surface area (Å²) >= 11 is 9.44. The van der Waals surface area contributed by atoms with Gasteiger partial charge in [-0.15, -0.1) is 0 Å². The summed E-state index contributed by atoms with van der Waals surface area (Å²) in [6, 6.07) is 12.3. The summed E-state index contributed by atoms with van der Waals surface area (Å²) < 4.78 is 6.62. The van der Waals surface area contributed by atoms with Crippen LogP contribution in [0.2, 0.25) is 5.02 Å². The van der Waals surface area contributed by atoms with E-state index in [1.807, 2.05) is 38.1 Å². The van der Waals surface area contributed by atoms with Gasteiger partial charge in [0.05, 0.1) is 0 Å². The van der Waals surface area contributed by atoms with Crippen molar-refractivity contribution in [2.45, 2.75) is 39.8 Å². The molecular formula is C22H26BrClN2O3. The van der Waals surface area contributed by atoms with Gasteiger partial charge in [-0.25, -0.2) is 0 Å². The molecule has 0 aliphatic heterocycles. The van der Waals surface area contributed by atoms with Crippen LogP contribution in [0.5, 0.6) is 5.75 Å². The molecule has 29 heavy (non-hydrogen) atoms. The molecule has 0 radical (unpaired) electrons. The third-order valence-corrected chi connectivity index (χ3v) is 5.43. The Hall–Kier alpha value is -2.05. The fourth-order valence-electron chi connectivity index (χ4n) is 2.70. The van der Waals surface area contributed by atoms with Crippen LogP contribution in [-0.4, -0.2) is 35.9 Å². The van der Waals surface area contributed by atoms with Crippen LogP contribution in [0, 0.1) is 6.92 Å². The van der Waals surface area contributed by atoms with Crippen molar-refractivity contribution in [1.29, 1.82) is 0 Å². The minimum Gasteiger partial charge on any atom is -0.484 e. The minimum atomic E-state index is -0.617. The predicted octanol–water partition coefficient (Wildman–Crippen LogP) is 4.73. The Morgan fingerprint density at radius 2 is 1.90 bits per heavy atom. The maximum atomic E-state index is 12.9. The molecule has 0 aliphatic rings. The van der Waals surface area contributed by atoms with Gasteiger partial charge in [-0.3, -0.25) is 9.59 Å². The van der Waals surface area contributed by atoms with Gasteiger partial charge in [0.15, 0.2) is 6.61 Å². The number of carbonyl (C=O) groups excluding carboxylic acids is 2. The van der Waals surface area contributed by atoms with E-state index in [4.69, 9.17) is 16.3 Å². The molecule has 0 saturated carbocycles. The van der Waals surface area contributed by atoms with Gasteiger partial charge in [0, 0.05) is 22.6 Å². The highest BCUT2D eigenvalue weighted by molar-refractivity contribution is 9.10. The molecule has 156 valence electrons. The summed E-state index contributed by atoms with van der Waals surface area (Å²) in [5.41, 5.74) is 1.80. The molecule has 0 heterocycles. The molecule has 5 nitrogen and oxygen atoms in total. The molecular weight excluding hydrogens is 456 g/mol. The zero-order valence-corrected chi connectivity index (χ0v) is 19.2. The van der Waals surface area contributed by atoms with Crippen LogP contribution >= 0.6 is 27.5 Å². The number of halogens is 2. The molecule has 0 saturated heterocycles. The number of hydrogen-bond donors (Lipinski definition) is 1. The molecule has 1 unspecified atom stereocenters. The van der Waals surface area contributed by atoms with Gasteiger partial charge in [-0.2, -0.15) is 0 Å². The molecule has 2 amide bonds. The fourth-order valence-corrected chi connectivity index (χ4v) is 3.08. The molecule has 2 aromatic carbocycles. The number of aryl methyl sites for hydroxylation is 1. The van der Waals surface area contributed by atoms with Crippen molar-refractivity contribution in [3.63, 3.8) is 0 Å². The number of amides is 2. The second-order valence-corrected chi connectivity index (χ2v) is 8.14. The lowest BCUT2D eigenvalue weighted by Crippen LogP contribution is -2.49. The smallest absolute Gasteiger partial charge is 0.261 e. The van der Waals surface area contributed by atoms with Crippen LogP contribution in [0.25, 0.3) is 0 Å². The number of ether oxygens (including phenoxy) is 1. The summed E-state index contributed by atoms with van der Waals surface area (Å²) in [6.07, 6.45) is 0.831. The van der Waals surface area contributed by atoms with Crippen LogP contribution < -0.4 is 10.1 Å². The number of nitrogens with zero attached hydrogens (tertiary/aromatic N) is 1. The molecule has 0 aromatic heterocycles. The topological polar surface area (TPSA) is 58.6 Å². The molecule has 1 N–H and O–H groups in total. The van der Waals surface area contributed by atoms with Crippen molar-refractivity contribution in [3.05, 3.63) is 63.1 Å². The van der Waals surface area contributed by atoms with Crippen molar-refractivity contribution in [3.8, 4) is 5.75 Å². The number of carbonyl (C=O) groups is 2. The standard InChI is InChI=1S/C22H26BrClN2O3/c1-4-11-25-22(28)16(3)26(13-17-5-7-18(23)8-6-17)21(27)14-29-19-9-10-20(24)15(2)12-19/h5-10,12,16H,4,11,13-14H2,1-3H3,(H,25,28). The van der Waals surface area contributed by atoms with Crippen LogP contribution in [0.1, 0.15) is 31.4 Å². The number of nitrogens with one attached hydrogen (secondary N) is 1. The normalized spacial score (nSPS) is 11.6.